The third-order valence-electron chi connectivity index (χ3n) is 5.22. The van der Waals surface area contributed by atoms with E-state index in [4.69, 9.17) is 9.47 Å². The molecule has 1 unspecified atom stereocenters. The molecule has 1 heterocycles. The van der Waals surface area contributed by atoms with Crippen LogP contribution in [0.3, 0.4) is 0 Å². The Kier molecular flexibility index (Phi) is 13.6. The number of carbonyl (C=O) groups excluding carboxylic acids is 1. The number of carbonyl (C=O) groups is 1. The van der Waals surface area contributed by atoms with Crippen LogP contribution >= 0.6 is 24.0 Å². The summed E-state index contributed by atoms with van der Waals surface area (Å²) in [7, 11) is 1.73. The summed E-state index contributed by atoms with van der Waals surface area (Å²) in [5.74, 6) is 2.35. The molecule has 176 valence electrons. The highest BCUT2D eigenvalue weighted by molar-refractivity contribution is 14.0. The molecule has 1 fully saturated rings. The minimum atomic E-state index is 0. The van der Waals surface area contributed by atoms with Gasteiger partial charge in [0.05, 0.1) is 6.61 Å². The molecule has 8 heteroatoms. The molecule has 1 aliphatic rings. The number of benzene rings is 1. The lowest BCUT2D eigenvalue weighted by Crippen LogP contribution is -2.42. The Morgan fingerprint density at radius 3 is 2.81 bits per heavy atom. The molecular formula is C23H39IN4O3. The Bertz CT molecular complexity index is 699. The molecule has 0 aliphatic carbocycles. The standard InChI is InChI=1S/C23H38N4O3.HI/c1-5-29-13-14-30-21-15-18(2)8-9-20(21)16-26-23(24-4)25-11-10-22(28)27-12-6-7-19(3)17-27;/h8-9,15,19H,5-7,10-14,16-17H2,1-4H3,(H2,24,25,26);1H. The van der Waals surface area contributed by atoms with Crippen molar-refractivity contribution in [2.24, 2.45) is 10.9 Å². The van der Waals surface area contributed by atoms with Crippen molar-refractivity contribution >= 4 is 35.8 Å². The molecule has 0 saturated carbocycles. The van der Waals surface area contributed by atoms with Crippen molar-refractivity contribution in [1.82, 2.24) is 15.5 Å². The third-order valence-corrected chi connectivity index (χ3v) is 5.22. The number of rotatable bonds is 10. The Labute approximate surface area is 204 Å². The predicted octanol–water partition coefficient (Wildman–Crippen LogP) is 3.34. The molecule has 1 aromatic rings. The first-order valence-corrected chi connectivity index (χ1v) is 11.1. The van der Waals surface area contributed by atoms with Crippen molar-refractivity contribution in [3.8, 4) is 5.75 Å². The van der Waals surface area contributed by atoms with Gasteiger partial charge < -0.3 is 25.0 Å². The number of nitrogens with zero attached hydrogens (tertiary/aromatic N) is 2. The van der Waals surface area contributed by atoms with E-state index in [0.29, 0.717) is 51.2 Å². The SMILES string of the molecule is CCOCCOc1cc(C)ccc1CNC(=NC)NCCC(=O)N1CCCC(C)C1.I. The summed E-state index contributed by atoms with van der Waals surface area (Å²) in [6.07, 6.45) is 2.80. The summed E-state index contributed by atoms with van der Waals surface area (Å²) in [5, 5.41) is 6.55. The first-order chi connectivity index (χ1) is 14.5. The van der Waals surface area contributed by atoms with Gasteiger partial charge in [0.15, 0.2) is 5.96 Å². The normalized spacial score (nSPS) is 16.5. The highest BCUT2D eigenvalue weighted by Crippen LogP contribution is 2.20. The molecule has 0 aromatic heterocycles. The number of amides is 1. The van der Waals surface area contributed by atoms with Gasteiger partial charge in [-0.25, -0.2) is 0 Å². The quantitative estimate of drug-likeness (QED) is 0.204. The highest BCUT2D eigenvalue weighted by atomic mass is 127. The number of guanidine groups is 1. The van der Waals surface area contributed by atoms with E-state index in [9.17, 15) is 4.79 Å². The number of aliphatic imine (C=N–C) groups is 1. The zero-order valence-corrected chi connectivity index (χ0v) is 21.7. The number of halogens is 1. The van der Waals surface area contributed by atoms with Gasteiger partial charge in [0, 0.05) is 51.8 Å². The Morgan fingerprint density at radius 1 is 1.29 bits per heavy atom. The van der Waals surface area contributed by atoms with Crippen molar-refractivity contribution in [2.75, 3.05) is 46.5 Å². The fourth-order valence-corrected chi connectivity index (χ4v) is 3.56. The van der Waals surface area contributed by atoms with Gasteiger partial charge in [-0.15, -0.1) is 24.0 Å². The number of hydrogen-bond acceptors (Lipinski definition) is 4. The van der Waals surface area contributed by atoms with Crippen LogP contribution in [-0.2, 0) is 16.1 Å². The molecule has 31 heavy (non-hydrogen) atoms. The summed E-state index contributed by atoms with van der Waals surface area (Å²) in [4.78, 5) is 18.7. The second-order valence-corrected chi connectivity index (χ2v) is 7.85. The van der Waals surface area contributed by atoms with Crippen molar-refractivity contribution < 1.29 is 14.3 Å². The molecule has 2 rings (SSSR count). The first kappa shape index (κ1) is 27.5. The van der Waals surface area contributed by atoms with Crippen molar-refractivity contribution in [2.45, 2.75) is 46.6 Å². The zero-order valence-electron chi connectivity index (χ0n) is 19.4. The monoisotopic (exact) mass is 546 g/mol. The van der Waals surface area contributed by atoms with Crippen LogP contribution in [0, 0.1) is 12.8 Å². The van der Waals surface area contributed by atoms with Crippen LogP contribution in [-0.4, -0.2) is 63.3 Å². The average Bonchev–Trinajstić information content (AvgIpc) is 2.74. The summed E-state index contributed by atoms with van der Waals surface area (Å²) in [6, 6.07) is 6.17. The predicted molar refractivity (Wildman–Crippen MR) is 136 cm³/mol. The molecule has 1 amide bonds. The van der Waals surface area contributed by atoms with E-state index in [1.165, 1.54) is 6.42 Å². The topological polar surface area (TPSA) is 75.2 Å². The number of hydrogen-bond donors (Lipinski definition) is 2. The molecule has 1 aromatic carbocycles. The maximum Gasteiger partial charge on any atom is 0.224 e. The Balaban J connectivity index is 0.00000480. The number of aryl methyl sites for hydroxylation is 1. The van der Waals surface area contributed by atoms with Gasteiger partial charge in [-0.3, -0.25) is 9.79 Å². The van der Waals surface area contributed by atoms with Gasteiger partial charge >= 0.3 is 0 Å². The maximum atomic E-state index is 12.4. The van der Waals surface area contributed by atoms with E-state index >= 15 is 0 Å². The smallest absolute Gasteiger partial charge is 0.224 e. The molecule has 1 aliphatic heterocycles. The summed E-state index contributed by atoms with van der Waals surface area (Å²) < 4.78 is 11.3. The van der Waals surface area contributed by atoms with E-state index in [2.05, 4.69) is 34.7 Å². The molecule has 0 bridgehead atoms. The fourth-order valence-electron chi connectivity index (χ4n) is 3.56. The minimum Gasteiger partial charge on any atom is -0.491 e. The number of ether oxygens (including phenoxy) is 2. The molecular weight excluding hydrogens is 507 g/mol. The van der Waals surface area contributed by atoms with Crippen LogP contribution in [0.1, 0.15) is 44.2 Å². The summed E-state index contributed by atoms with van der Waals surface area (Å²) in [6.45, 7) is 10.9. The van der Waals surface area contributed by atoms with Gasteiger partial charge in [-0.05, 0) is 44.2 Å². The number of piperidine rings is 1. The molecule has 7 nitrogen and oxygen atoms in total. The lowest BCUT2D eigenvalue weighted by atomic mass is 10.00. The van der Waals surface area contributed by atoms with Crippen LogP contribution in [0.4, 0.5) is 0 Å². The van der Waals surface area contributed by atoms with Crippen LogP contribution in [0.2, 0.25) is 0 Å². The van der Waals surface area contributed by atoms with E-state index in [1.54, 1.807) is 7.05 Å². The van der Waals surface area contributed by atoms with Gasteiger partial charge in [0.1, 0.15) is 12.4 Å². The van der Waals surface area contributed by atoms with E-state index in [-0.39, 0.29) is 29.9 Å². The largest absolute Gasteiger partial charge is 0.491 e. The van der Waals surface area contributed by atoms with E-state index in [1.807, 2.05) is 24.8 Å². The first-order valence-electron chi connectivity index (χ1n) is 11.1. The van der Waals surface area contributed by atoms with Gasteiger partial charge in [-0.2, -0.15) is 0 Å². The lowest BCUT2D eigenvalue weighted by Gasteiger charge is -2.31. The second-order valence-electron chi connectivity index (χ2n) is 7.85. The molecule has 2 N–H and O–H groups in total. The average molecular weight is 546 g/mol. The Morgan fingerprint density at radius 2 is 2.10 bits per heavy atom. The number of likely N-dealkylation sites (tertiary alicyclic amines) is 1. The van der Waals surface area contributed by atoms with Gasteiger partial charge in [0.25, 0.3) is 0 Å². The molecule has 1 atom stereocenters. The lowest BCUT2D eigenvalue weighted by molar-refractivity contribution is -0.132. The summed E-state index contributed by atoms with van der Waals surface area (Å²) >= 11 is 0. The third kappa shape index (κ3) is 10.1. The fraction of sp³-hybridized carbons (Fsp3) is 0.652. The van der Waals surface area contributed by atoms with Crippen LogP contribution < -0.4 is 15.4 Å². The van der Waals surface area contributed by atoms with Crippen molar-refractivity contribution in [3.63, 3.8) is 0 Å². The van der Waals surface area contributed by atoms with E-state index < -0.39 is 0 Å². The van der Waals surface area contributed by atoms with Crippen LogP contribution in [0.15, 0.2) is 23.2 Å². The molecule has 0 radical (unpaired) electrons. The molecule has 0 spiro atoms. The van der Waals surface area contributed by atoms with Crippen LogP contribution in [0.25, 0.3) is 0 Å². The van der Waals surface area contributed by atoms with Gasteiger partial charge in [0.2, 0.25) is 5.91 Å². The molecule has 1 saturated heterocycles. The number of nitrogens with one attached hydrogen (secondary N) is 2. The van der Waals surface area contributed by atoms with E-state index in [0.717, 1.165) is 36.4 Å². The zero-order chi connectivity index (χ0) is 21.8. The van der Waals surface area contributed by atoms with Crippen molar-refractivity contribution in [1.29, 1.82) is 0 Å². The van der Waals surface area contributed by atoms with Crippen LogP contribution in [0.5, 0.6) is 5.75 Å². The Hall–Kier alpha value is -1.55. The van der Waals surface area contributed by atoms with Gasteiger partial charge in [-0.1, -0.05) is 19.1 Å². The highest BCUT2D eigenvalue weighted by Gasteiger charge is 2.20. The second kappa shape index (κ2) is 15.3. The minimum absolute atomic E-state index is 0. The summed E-state index contributed by atoms with van der Waals surface area (Å²) in [5.41, 5.74) is 2.21. The van der Waals surface area contributed by atoms with Crippen molar-refractivity contribution in [3.05, 3.63) is 29.3 Å². The maximum absolute atomic E-state index is 12.4.